The number of halogens is 2. The molecule has 3 amide bonds. The zero-order valence-corrected chi connectivity index (χ0v) is 21.4. The minimum atomic E-state index is -0.271. The maximum atomic E-state index is 13.4. The molecule has 0 spiro atoms. The summed E-state index contributed by atoms with van der Waals surface area (Å²) in [5, 5.41) is 3.29. The summed E-state index contributed by atoms with van der Waals surface area (Å²) in [6, 6.07) is 9.62. The molecular formula is C27H30ClFN4O3. The number of amides is 3. The monoisotopic (exact) mass is 512 g/mol. The molecule has 2 aliphatic rings. The fraction of sp³-hybridized carbons (Fsp3) is 0.370. The molecule has 0 aromatic heterocycles. The lowest BCUT2D eigenvalue weighted by atomic mass is 9.98. The van der Waals surface area contributed by atoms with Gasteiger partial charge in [-0.2, -0.15) is 0 Å². The van der Waals surface area contributed by atoms with Crippen molar-refractivity contribution >= 4 is 41.1 Å². The van der Waals surface area contributed by atoms with Gasteiger partial charge in [-0.25, -0.2) is 4.39 Å². The standard InChI is InChI=1S/C27H30ClFN4O3/c1-17-10-21(26(11-25(17)28)30-18(2)34)6-9-27(36)33-23-13-31(12-20-4-7-22(29)8-5-20)14-24(33)16-32(15-23)19(3)35/h4-11,23-24H,12-16H2,1-3H3,(H,30,34). The van der Waals surface area contributed by atoms with Gasteiger partial charge >= 0.3 is 0 Å². The first-order chi connectivity index (χ1) is 17.1. The highest BCUT2D eigenvalue weighted by molar-refractivity contribution is 6.31. The van der Waals surface area contributed by atoms with E-state index in [9.17, 15) is 18.8 Å². The third-order valence-corrected chi connectivity index (χ3v) is 7.06. The van der Waals surface area contributed by atoms with Gasteiger partial charge in [0.2, 0.25) is 17.7 Å². The predicted octanol–water partition coefficient (Wildman–Crippen LogP) is 3.70. The molecule has 4 rings (SSSR count). The summed E-state index contributed by atoms with van der Waals surface area (Å²) in [6.45, 7) is 7.61. The van der Waals surface area contributed by atoms with E-state index in [-0.39, 0.29) is 35.6 Å². The lowest BCUT2D eigenvalue weighted by Gasteiger charge is -2.52. The molecular weight excluding hydrogens is 483 g/mol. The molecule has 190 valence electrons. The van der Waals surface area contributed by atoms with Crippen LogP contribution in [0.4, 0.5) is 10.1 Å². The summed E-state index contributed by atoms with van der Waals surface area (Å²) in [5.41, 5.74) is 3.06. The first-order valence-electron chi connectivity index (χ1n) is 11.9. The molecule has 2 bridgehead atoms. The number of nitrogens with zero attached hydrogens (tertiary/aromatic N) is 3. The summed E-state index contributed by atoms with van der Waals surface area (Å²) in [5.74, 6) is -0.647. The first-order valence-corrected chi connectivity index (χ1v) is 12.3. The maximum Gasteiger partial charge on any atom is 0.247 e. The molecule has 2 atom stereocenters. The number of hydrogen-bond acceptors (Lipinski definition) is 4. The van der Waals surface area contributed by atoms with Crippen LogP contribution in [0.1, 0.15) is 30.5 Å². The molecule has 2 aromatic carbocycles. The number of carbonyl (C=O) groups is 3. The second-order valence-corrected chi connectivity index (χ2v) is 9.91. The molecule has 2 fully saturated rings. The van der Waals surface area contributed by atoms with Crippen LogP contribution in [0.25, 0.3) is 6.08 Å². The van der Waals surface area contributed by atoms with Gasteiger partial charge in [0, 0.05) is 63.4 Å². The Kier molecular flexibility index (Phi) is 7.76. The average Bonchev–Trinajstić information content (AvgIpc) is 2.80. The summed E-state index contributed by atoms with van der Waals surface area (Å²) < 4.78 is 13.3. The Hall–Kier alpha value is -3.23. The van der Waals surface area contributed by atoms with Gasteiger partial charge in [-0.3, -0.25) is 19.3 Å². The summed E-state index contributed by atoms with van der Waals surface area (Å²) in [6.07, 6.45) is 3.22. The molecule has 2 heterocycles. The van der Waals surface area contributed by atoms with Crippen LogP contribution in [0.2, 0.25) is 5.02 Å². The topological polar surface area (TPSA) is 73.0 Å². The highest BCUT2D eigenvalue weighted by atomic mass is 35.5. The second-order valence-electron chi connectivity index (χ2n) is 9.50. The van der Waals surface area contributed by atoms with Crippen molar-refractivity contribution in [3.05, 3.63) is 70.0 Å². The normalized spacial score (nSPS) is 20.0. The number of aryl methyl sites for hydroxylation is 1. The minimum Gasteiger partial charge on any atom is -0.339 e. The fourth-order valence-electron chi connectivity index (χ4n) is 5.00. The van der Waals surface area contributed by atoms with Crippen LogP contribution < -0.4 is 5.32 Å². The van der Waals surface area contributed by atoms with Gasteiger partial charge in [0.25, 0.3) is 0 Å². The van der Waals surface area contributed by atoms with E-state index in [0.29, 0.717) is 49.0 Å². The van der Waals surface area contributed by atoms with Crippen molar-refractivity contribution in [1.82, 2.24) is 14.7 Å². The Morgan fingerprint density at radius 2 is 1.69 bits per heavy atom. The molecule has 2 aliphatic heterocycles. The van der Waals surface area contributed by atoms with Crippen molar-refractivity contribution < 1.29 is 18.8 Å². The molecule has 2 saturated heterocycles. The van der Waals surface area contributed by atoms with Gasteiger partial charge < -0.3 is 15.1 Å². The van der Waals surface area contributed by atoms with E-state index in [1.54, 1.807) is 36.1 Å². The van der Waals surface area contributed by atoms with Gasteiger partial charge in [-0.05, 0) is 54.0 Å². The first kappa shape index (κ1) is 25.9. The van der Waals surface area contributed by atoms with Crippen molar-refractivity contribution in [3.63, 3.8) is 0 Å². The molecule has 9 heteroatoms. The summed E-state index contributed by atoms with van der Waals surface area (Å²) in [7, 11) is 0. The minimum absolute atomic E-state index is 0.00351. The smallest absolute Gasteiger partial charge is 0.247 e. The summed E-state index contributed by atoms with van der Waals surface area (Å²) >= 11 is 6.23. The average molecular weight is 513 g/mol. The van der Waals surface area contributed by atoms with Gasteiger partial charge in [0.1, 0.15) is 5.82 Å². The van der Waals surface area contributed by atoms with E-state index < -0.39 is 0 Å². The zero-order chi connectivity index (χ0) is 26.0. The van der Waals surface area contributed by atoms with Gasteiger partial charge in [0.05, 0.1) is 12.1 Å². The molecule has 0 saturated carbocycles. The molecule has 1 N–H and O–H groups in total. The number of fused-ring (bicyclic) bond motifs is 2. The van der Waals surface area contributed by atoms with Crippen LogP contribution in [0.3, 0.4) is 0 Å². The number of anilines is 1. The Labute approximate surface area is 215 Å². The van der Waals surface area contributed by atoms with Crippen molar-refractivity contribution in [2.75, 3.05) is 31.5 Å². The second kappa shape index (κ2) is 10.8. The van der Waals surface area contributed by atoms with Crippen LogP contribution in [0.5, 0.6) is 0 Å². The SMILES string of the molecule is CC(=O)Nc1cc(Cl)c(C)cc1C=CC(=O)N1C2CN(Cc3ccc(F)cc3)CC1CN(C(C)=O)C2. The number of nitrogens with one attached hydrogen (secondary N) is 1. The van der Waals surface area contributed by atoms with Crippen molar-refractivity contribution in [2.45, 2.75) is 39.4 Å². The predicted molar refractivity (Wildman–Crippen MR) is 138 cm³/mol. The molecule has 2 unspecified atom stereocenters. The molecule has 7 nitrogen and oxygen atoms in total. The van der Waals surface area contributed by atoms with Crippen LogP contribution in [0.15, 0.2) is 42.5 Å². The van der Waals surface area contributed by atoms with E-state index >= 15 is 0 Å². The van der Waals surface area contributed by atoms with Crippen molar-refractivity contribution in [2.24, 2.45) is 0 Å². The van der Waals surface area contributed by atoms with E-state index in [1.807, 2.05) is 17.9 Å². The van der Waals surface area contributed by atoms with Crippen molar-refractivity contribution in [3.8, 4) is 0 Å². The molecule has 2 aromatic rings. The Balaban J connectivity index is 1.54. The van der Waals surface area contributed by atoms with Crippen LogP contribution >= 0.6 is 11.6 Å². The maximum absolute atomic E-state index is 13.4. The quantitative estimate of drug-likeness (QED) is 0.620. The van der Waals surface area contributed by atoms with Crippen molar-refractivity contribution in [1.29, 1.82) is 0 Å². The molecule has 36 heavy (non-hydrogen) atoms. The Bertz CT molecular complexity index is 1180. The Morgan fingerprint density at radius 1 is 1.06 bits per heavy atom. The number of carbonyl (C=O) groups excluding carboxylic acids is 3. The third-order valence-electron chi connectivity index (χ3n) is 6.65. The van der Waals surface area contributed by atoms with E-state index in [4.69, 9.17) is 11.6 Å². The van der Waals surface area contributed by atoms with Gasteiger partial charge in [0.15, 0.2) is 0 Å². The number of benzene rings is 2. The van der Waals surface area contributed by atoms with Gasteiger partial charge in [-0.15, -0.1) is 0 Å². The molecule has 0 aliphatic carbocycles. The number of piperazine rings is 2. The van der Waals surface area contributed by atoms with Gasteiger partial charge in [-0.1, -0.05) is 23.7 Å². The number of rotatable bonds is 5. The van der Waals surface area contributed by atoms with Crippen LogP contribution in [0, 0.1) is 12.7 Å². The molecule has 0 radical (unpaired) electrons. The lowest BCUT2D eigenvalue weighted by Crippen LogP contribution is -2.69. The fourth-order valence-corrected chi connectivity index (χ4v) is 5.16. The van der Waals surface area contributed by atoms with E-state index in [1.165, 1.54) is 25.1 Å². The highest BCUT2D eigenvalue weighted by Gasteiger charge is 2.42. The van der Waals surface area contributed by atoms with E-state index in [0.717, 1.165) is 11.1 Å². The Morgan fingerprint density at radius 3 is 2.28 bits per heavy atom. The van der Waals surface area contributed by atoms with E-state index in [2.05, 4.69) is 10.2 Å². The largest absolute Gasteiger partial charge is 0.339 e. The highest BCUT2D eigenvalue weighted by Crippen LogP contribution is 2.28. The van der Waals surface area contributed by atoms with Crippen LogP contribution in [-0.4, -0.2) is 70.7 Å². The van der Waals surface area contributed by atoms with Crippen LogP contribution in [-0.2, 0) is 20.9 Å². The third kappa shape index (κ3) is 5.94. The summed E-state index contributed by atoms with van der Waals surface area (Å²) in [4.78, 5) is 43.1. The zero-order valence-electron chi connectivity index (χ0n) is 20.6. The lowest BCUT2D eigenvalue weighted by molar-refractivity contribution is -0.149. The number of hydrogen-bond donors (Lipinski definition) is 1.